The lowest BCUT2D eigenvalue weighted by molar-refractivity contribution is 0.0932. The number of carbonyl (C=O) groups is 1. The number of aromatic nitrogens is 4. The van der Waals surface area contributed by atoms with Gasteiger partial charge < -0.3 is 10.1 Å². The number of hydrogen-bond donors (Lipinski definition) is 1. The van der Waals surface area contributed by atoms with Crippen molar-refractivity contribution in [3.8, 4) is 5.75 Å². The van der Waals surface area contributed by atoms with Crippen molar-refractivity contribution in [1.82, 2.24) is 24.9 Å². The zero-order chi connectivity index (χ0) is 19.4. The molecule has 1 atom stereocenters. The van der Waals surface area contributed by atoms with E-state index < -0.39 is 0 Å². The maximum Gasteiger partial charge on any atom is 0.272 e. The van der Waals surface area contributed by atoms with Crippen molar-refractivity contribution in [1.29, 1.82) is 0 Å². The largest absolute Gasteiger partial charge is 0.470 e. The first-order valence-corrected chi connectivity index (χ1v) is 9.10. The Hall–Kier alpha value is -2.80. The fourth-order valence-electron chi connectivity index (χ4n) is 2.54. The monoisotopic (exact) mass is 387 g/mol. The molecule has 3 aromatic rings. The Balaban J connectivity index is 1.59. The molecule has 142 valence electrons. The van der Waals surface area contributed by atoms with Gasteiger partial charge >= 0.3 is 0 Å². The minimum atomic E-state index is -0.263. The van der Waals surface area contributed by atoms with E-state index in [2.05, 4.69) is 15.5 Å². The Bertz CT molecular complexity index is 934. The molecule has 0 spiro atoms. The number of amides is 1. The third-order valence-electron chi connectivity index (χ3n) is 4.09. The van der Waals surface area contributed by atoms with Crippen molar-refractivity contribution in [3.05, 3.63) is 64.7 Å². The second-order valence-corrected chi connectivity index (χ2v) is 6.65. The first-order chi connectivity index (χ1) is 13.0. The van der Waals surface area contributed by atoms with Crippen LogP contribution in [0.15, 0.2) is 42.7 Å². The van der Waals surface area contributed by atoms with Crippen LogP contribution in [0.25, 0.3) is 0 Å². The molecule has 1 amide bonds. The molecule has 0 saturated heterocycles. The first kappa shape index (κ1) is 19.0. The van der Waals surface area contributed by atoms with Crippen LogP contribution >= 0.6 is 11.6 Å². The van der Waals surface area contributed by atoms with Crippen molar-refractivity contribution in [2.45, 2.75) is 40.1 Å². The topological polar surface area (TPSA) is 74.0 Å². The van der Waals surface area contributed by atoms with Crippen LogP contribution in [0.2, 0.25) is 5.02 Å². The zero-order valence-electron chi connectivity index (χ0n) is 15.5. The van der Waals surface area contributed by atoms with Crippen molar-refractivity contribution in [2.24, 2.45) is 0 Å². The molecular weight excluding hydrogens is 366 g/mol. The Morgan fingerprint density at radius 3 is 2.74 bits per heavy atom. The van der Waals surface area contributed by atoms with Crippen LogP contribution in [0.4, 0.5) is 0 Å². The molecular formula is C19H22ClN5O2. The Labute approximate surface area is 162 Å². The molecule has 0 aliphatic carbocycles. The molecule has 3 rings (SSSR count). The lowest BCUT2D eigenvalue weighted by Crippen LogP contribution is -2.27. The summed E-state index contributed by atoms with van der Waals surface area (Å²) in [5.41, 5.74) is 2.17. The molecule has 0 aliphatic heterocycles. The Morgan fingerprint density at radius 1 is 1.22 bits per heavy atom. The first-order valence-electron chi connectivity index (χ1n) is 8.73. The molecule has 7 nitrogen and oxygen atoms in total. The highest BCUT2D eigenvalue weighted by atomic mass is 35.5. The van der Waals surface area contributed by atoms with E-state index in [4.69, 9.17) is 16.3 Å². The van der Waals surface area contributed by atoms with Gasteiger partial charge in [-0.15, -0.1) is 0 Å². The lowest BCUT2D eigenvalue weighted by atomic mass is 10.2. The van der Waals surface area contributed by atoms with E-state index in [1.54, 1.807) is 23.0 Å². The maximum absolute atomic E-state index is 12.4. The van der Waals surface area contributed by atoms with E-state index in [0.717, 1.165) is 17.8 Å². The number of aryl methyl sites for hydroxylation is 2. The summed E-state index contributed by atoms with van der Waals surface area (Å²) in [6, 6.07) is 8.89. The minimum absolute atomic E-state index is 0.160. The molecule has 2 heterocycles. The predicted octanol–water partition coefficient (Wildman–Crippen LogP) is 3.59. The molecule has 27 heavy (non-hydrogen) atoms. The van der Waals surface area contributed by atoms with E-state index in [1.165, 1.54) is 0 Å². The molecule has 1 unspecified atom stereocenters. The summed E-state index contributed by atoms with van der Waals surface area (Å²) < 4.78 is 9.05. The molecule has 0 aliphatic rings. The van der Waals surface area contributed by atoms with Gasteiger partial charge in [0, 0.05) is 18.9 Å². The molecule has 1 N–H and O–H groups in total. The minimum Gasteiger partial charge on any atom is -0.470 e. The van der Waals surface area contributed by atoms with Crippen molar-refractivity contribution < 1.29 is 9.53 Å². The summed E-state index contributed by atoms with van der Waals surface area (Å²) in [6.07, 6.45) is 3.58. The highest BCUT2D eigenvalue weighted by Crippen LogP contribution is 2.25. The number of benzene rings is 1. The third-order valence-corrected chi connectivity index (χ3v) is 4.40. The van der Waals surface area contributed by atoms with E-state index >= 15 is 0 Å². The molecule has 1 aromatic carbocycles. The van der Waals surface area contributed by atoms with Gasteiger partial charge in [-0.25, -0.2) is 4.68 Å². The summed E-state index contributed by atoms with van der Waals surface area (Å²) in [4.78, 5) is 12.4. The second kappa shape index (κ2) is 8.26. The van der Waals surface area contributed by atoms with Crippen LogP contribution in [0.1, 0.15) is 41.6 Å². The van der Waals surface area contributed by atoms with Gasteiger partial charge in [0.25, 0.3) is 5.91 Å². The standard InChI is InChI=1S/C19H22ClN5O2/c1-4-24-9-7-16(22-24)14(3)21-19(26)17-8-10-25(23-17)12-27-18-11-13(2)5-6-15(18)20/h5-11,14H,4,12H2,1-3H3,(H,21,26). The fraction of sp³-hybridized carbons (Fsp3) is 0.316. The van der Waals surface area contributed by atoms with E-state index in [9.17, 15) is 4.79 Å². The third kappa shape index (κ3) is 4.68. The molecule has 2 aromatic heterocycles. The highest BCUT2D eigenvalue weighted by Gasteiger charge is 2.16. The quantitative estimate of drug-likeness (QED) is 0.672. The van der Waals surface area contributed by atoms with Crippen molar-refractivity contribution >= 4 is 17.5 Å². The lowest BCUT2D eigenvalue weighted by Gasteiger charge is -2.10. The van der Waals surface area contributed by atoms with Gasteiger partial charge in [0.15, 0.2) is 6.73 Å². The van der Waals surface area contributed by atoms with Gasteiger partial charge in [0.05, 0.1) is 16.8 Å². The summed E-state index contributed by atoms with van der Waals surface area (Å²) in [6.45, 7) is 6.81. The van der Waals surface area contributed by atoms with Crippen LogP contribution in [0, 0.1) is 6.92 Å². The number of halogens is 1. The Morgan fingerprint density at radius 2 is 2.00 bits per heavy atom. The van der Waals surface area contributed by atoms with Crippen LogP contribution in [-0.4, -0.2) is 25.5 Å². The number of nitrogens with zero attached hydrogens (tertiary/aromatic N) is 4. The van der Waals surface area contributed by atoms with Gasteiger partial charge in [0.2, 0.25) is 0 Å². The second-order valence-electron chi connectivity index (χ2n) is 6.24. The fourth-order valence-corrected chi connectivity index (χ4v) is 2.71. The number of ether oxygens (including phenoxy) is 1. The van der Waals surface area contributed by atoms with E-state index in [1.807, 2.05) is 49.8 Å². The summed E-state index contributed by atoms with van der Waals surface area (Å²) in [5, 5.41) is 12.1. The number of carbonyl (C=O) groups excluding carboxylic acids is 1. The van der Waals surface area contributed by atoms with Crippen LogP contribution in [-0.2, 0) is 13.3 Å². The smallest absolute Gasteiger partial charge is 0.272 e. The molecule has 0 bridgehead atoms. The van der Waals surface area contributed by atoms with Crippen molar-refractivity contribution in [3.63, 3.8) is 0 Å². The Kier molecular flexibility index (Phi) is 5.81. The van der Waals surface area contributed by atoms with Crippen LogP contribution in [0.5, 0.6) is 5.75 Å². The van der Waals surface area contributed by atoms with Crippen molar-refractivity contribution in [2.75, 3.05) is 0 Å². The SMILES string of the molecule is CCn1ccc(C(C)NC(=O)c2ccn(COc3cc(C)ccc3Cl)n2)n1. The average Bonchev–Trinajstić information content (AvgIpc) is 3.31. The van der Waals surface area contributed by atoms with E-state index in [0.29, 0.717) is 16.5 Å². The molecule has 0 radical (unpaired) electrons. The average molecular weight is 388 g/mol. The summed E-state index contributed by atoms with van der Waals surface area (Å²) >= 11 is 6.12. The van der Waals surface area contributed by atoms with Gasteiger partial charge in [-0.05, 0) is 50.6 Å². The molecule has 0 fully saturated rings. The highest BCUT2D eigenvalue weighted by molar-refractivity contribution is 6.32. The number of rotatable bonds is 7. The molecule has 0 saturated carbocycles. The van der Waals surface area contributed by atoms with Gasteiger partial charge in [-0.3, -0.25) is 9.48 Å². The zero-order valence-corrected chi connectivity index (χ0v) is 16.3. The van der Waals surface area contributed by atoms with Gasteiger partial charge in [-0.1, -0.05) is 17.7 Å². The summed E-state index contributed by atoms with van der Waals surface area (Å²) in [7, 11) is 0. The summed E-state index contributed by atoms with van der Waals surface area (Å²) in [5.74, 6) is 0.319. The van der Waals surface area contributed by atoms with Crippen LogP contribution < -0.4 is 10.1 Å². The number of nitrogens with one attached hydrogen (secondary N) is 1. The maximum atomic E-state index is 12.4. The number of hydrogen-bond acceptors (Lipinski definition) is 4. The van der Waals surface area contributed by atoms with E-state index in [-0.39, 0.29) is 18.7 Å². The predicted molar refractivity (Wildman–Crippen MR) is 103 cm³/mol. The van der Waals surface area contributed by atoms with Gasteiger partial charge in [0.1, 0.15) is 11.4 Å². The molecule has 8 heteroatoms. The normalized spacial score (nSPS) is 12.0. The van der Waals surface area contributed by atoms with Crippen LogP contribution in [0.3, 0.4) is 0 Å². The van der Waals surface area contributed by atoms with Gasteiger partial charge in [-0.2, -0.15) is 10.2 Å².